The first-order valence-electron chi connectivity index (χ1n) is 4.82. The number of nitriles is 1. The normalized spacial score (nSPS) is 12.1. The Kier molecular flexibility index (Phi) is 5.09. The lowest BCUT2D eigenvalue weighted by molar-refractivity contribution is 0.621. The molecule has 86 valence electrons. The van der Waals surface area contributed by atoms with Crippen molar-refractivity contribution >= 4 is 10.8 Å². The number of hydrogen-bond acceptors (Lipinski definition) is 3. The molecule has 1 aromatic rings. The predicted molar refractivity (Wildman–Crippen MR) is 61.8 cm³/mol. The van der Waals surface area contributed by atoms with Crippen LogP contribution in [0.5, 0.6) is 0 Å². The van der Waals surface area contributed by atoms with E-state index in [1.807, 2.05) is 6.07 Å². The maximum absolute atomic E-state index is 13.0. The summed E-state index contributed by atoms with van der Waals surface area (Å²) in [6.07, 6.45) is 1.64. The van der Waals surface area contributed by atoms with Crippen LogP contribution in [0.2, 0.25) is 0 Å². The molecule has 0 spiro atoms. The number of nitrogens with zero attached hydrogens (tertiary/aromatic N) is 1. The van der Waals surface area contributed by atoms with Crippen LogP contribution in [0.3, 0.4) is 0 Å². The minimum Gasteiger partial charge on any atom is -0.312 e. The van der Waals surface area contributed by atoms with Gasteiger partial charge in [0.2, 0.25) is 0 Å². The number of benzene rings is 1. The van der Waals surface area contributed by atoms with Crippen LogP contribution >= 0.6 is 0 Å². The Morgan fingerprint density at radius 2 is 2.25 bits per heavy atom. The highest BCUT2D eigenvalue weighted by molar-refractivity contribution is 7.84. The fourth-order valence-electron chi connectivity index (χ4n) is 1.27. The first kappa shape index (κ1) is 12.8. The van der Waals surface area contributed by atoms with E-state index in [2.05, 4.69) is 5.32 Å². The molecule has 1 N–H and O–H groups in total. The Hall–Kier alpha value is -1.25. The van der Waals surface area contributed by atoms with Gasteiger partial charge in [0, 0.05) is 35.9 Å². The third-order valence-corrected chi connectivity index (χ3v) is 2.76. The Balaban J connectivity index is 2.51. The van der Waals surface area contributed by atoms with Crippen LogP contribution in [0, 0.1) is 17.1 Å². The molecule has 3 nitrogen and oxygen atoms in total. The molecule has 0 aromatic heterocycles. The average molecular weight is 240 g/mol. The van der Waals surface area contributed by atoms with E-state index >= 15 is 0 Å². The summed E-state index contributed by atoms with van der Waals surface area (Å²) >= 11 is 0. The zero-order valence-electron chi connectivity index (χ0n) is 9.00. The molecule has 1 atom stereocenters. The smallest absolute Gasteiger partial charge is 0.124 e. The molecule has 0 amide bonds. The average Bonchev–Trinajstić information content (AvgIpc) is 2.23. The highest BCUT2D eigenvalue weighted by atomic mass is 32.2. The summed E-state index contributed by atoms with van der Waals surface area (Å²) in [7, 11) is -0.823. The van der Waals surface area contributed by atoms with Gasteiger partial charge in [-0.05, 0) is 23.8 Å². The summed E-state index contributed by atoms with van der Waals surface area (Å²) in [5, 5.41) is 11.7. The summed E-state index contributed by atoms with van der Waals surface area (Å²) in [5.74, 6) is 0.162. The molecule has 16 heavy (non-hydrogen) atoms. The monoisotopic (exact) mass is 240 g/mol. The van der Waals surface area contributed by atoms with Crippen LogP contribution in [0.1, 0.15) is 11.1 Å². The highest BCUT2D eigenvalue weighted by Crippen LogP contribution is 2.08. The van der Waals surface area contributed by atoms with Gasteiger partial charge in [-0.1, -0.05) is 0 Å². The molecule has 1 rings (SSSR count). The van der Waals surface area contributed by atoms with E-state index in [1.54, 1.807) is 12.3 Å². The summed E-state index contributed by atoms with van der Waals surface area (Å²) in [6, 6.07) is 6.12. The van der Waals surface area contributed by atoms with E-state index < -0.39 is 16.6 Å². The molecular weight excluding hydrogens is 227 g/mol. The summed E-state index contributed by atoms with van der Waals surface area (Å²) in [6.45, 7) is 1.09. The van der Waals surface area contributed by atoms with Crippen LogP contribution in [-0.2, 0) is 17.3 Å². The van der Waals surface area contributed by atoms with Gasteiger partial charge in [0.05, 0.1) is 11.6 Å². The SMILES string of the molecule is CS(=O)CCNCc1cc(F)cc(C#N)c1. The molecule has 0 saturated heterocycles. The minimum absolute atomic E-state index is 0.316. The molecule has 0 aliphatic carbocycles. The van der Waals surface area contributed by atoms with Gasteiger partial charge >= 0.3 is 0 Å². The molecular formula is C11H13FN2OS. The second-order valence-electron chi connectivity index (χ2n) is 3.41. The molecule has 0 radical (unpaired) electrons. The van der Waals surface area contributed by atoms with Gasteiger partial charge in [-0.25, -0.2) is 4.39 Å². The number of hydrogen-bond donors (Lipinski definition) is 1. The topological polar surface area (TPSA) is 52.9 Å². The van der Waals surface area contributed by atoms with Crippen molar-refractivity contribution in [3.05, 3.63) is 35.1 Å². The Labute approximate surface area is 96.7 Å². The lowest BCUT2D eigenvalue weighted by Crippen LogP contribution is -2.19. The van der Waals surface area contributed by atoms with Gasteiger partial charge in [0.25, 0.3) is 0 Å². The highest BCUT2D eigenvalue weighted by Gasteiger charge is 2.00. The second kappa shape index (κ2) is 6.36. The fraction of sp³-hybridized carbons (Fsp3) is 0.364. The summed E-state index contributed by atoms with van der Waals surface area (Å²) < 4.78 is 23.8. The summed E-state index contributed by atoms with van der Waals surface area (Å²) in [4.78, 5) is 0. The predicted octanol–water partition coefficient (Wildman–Crippen LogP) is 1.17. The molecule has 1 aromatic carbocycles. The lowest BCUT2D eigenvalue weighted by atomic mass is 10.1. The van der Waals surface area contributed by atoms with Crippen LogP contribution < -0.4 is 5.32 Å². The van der Waals surface area contributed by atoms with Gasteiger partial charge in [-0.15, -0.1) is 0 Å². The van der Waals surface area contributed by atoms with Crippen molar-refractivity contribution < 1.29 is 8.60 Å². The van der Waals surface area contributed by atoms with Crippen molar-refractivity contribution in [3.63, 3.8) is 0 Å². The fourth-order valence-corrected chi connectivity index (χ4v) is 1.70. The zero-order valence-corrected chi connectivity index (χ0v) is 9.81. The maximum Gasteiger partial charge on any atom is 0.124 e. The van der Waals surface area contributed by atoms with Crippen LogP contribution in [0.25, 0.3) is 0 Å². The van der Waals surface area contributed by atoms with E-state index in [0.29, 0.717) is 24.4 Å². The molecule has 1 unspecified atom stereocenters. The van der Waals surface area contributed by atoms with Crippen molar-refractivity contribution in [1.82, 2.24) is 5.32 Å². The van der Waals surface area contributed by atoms with E-state index in [4.69, 9.17) is 5.26 Å². The number of halogens is 1. The van der Waals surface area contributed by atoms with Crippen molar-refractivity contribution in [1.29, 1.82) is 5.26 Å². The molecule has 0 saturated carbocycles. The third kappa shape index (κ3) is 4.51. The van der Waals surface area contributed by atoms with Gasteiger partial charge < -0.3 is 5.32 Å². The van der Waals surface area contributed by atoms with Crippen LogP contribution in [0.15, 0.2) is 18.2 Å². The second-order valence-corrected chi connectivity index (χ2v) is 4.97. The summed E-state index contributed by atoms with van der Waals surface area (Å²) in [5.41, 5.74) is 1.04. The largest absolute Gasteiger partial charge is 0.312 e. The van der Waals surface area contributed by atoms with Gasteiger partial charge in [0.1, 0.15) is 5.82 Å². The van der Waals surface area contributed by atoms with E-state index in [-0.39, 0.29) is 0 Å². The lowest BCUT2D eigenvalue weighted by Gasteiger charge is -2.04. The van der Waals surface area contributed by atoms with E-state index in [1.165, 1.54) is 12.1 Å². The van der Waals surface area contributed by atoms with E-state index in [9.17, 15) is 8.60 Å². The molecule has 0 fully saturated rings. The molecule has 0 aliphatic heterocycles. The van der Waals surface area contributed by atoms with Crippen LogP contribution in [0.4, 0.5) is 4.39 Å². The van der Waals surface area contributed by atoms with Gasteiger partial charge in [0.15, 0.2) is 0 Å². The Morgan fingerprint density at radius 3 is 2.88 bits per heavy atom. The Morgan fingerprint density at radius 1 is 1.50 bits per heavy atom. The quantitative estimate of drug-likeness (QED) is 0.786. The van der Waals surface area contributed by atoms with Crippen molar-refractivity contribution in [3.8, 4) is 6.07 Å². The van der Waals surface area contributed by atoms with Gasteiger partial charge in [-0.2, -0.15) is 5.26 Å². The standard InChI is InChI=1S/C11H13FN2OS/c1-16(15)3-2-14-8-10-4-9(7-13)5-11(12)6-10/h4-6,14H,2-3,8H2,1H3. The first-order chi connectivity index (χ1) is 7.61. The first-order valence-corrected chi connectivity index (χ1v) is 6.55. The van der Waals surface area contributed by atoms with Crippen molar-refractivity contribution in [2.24, 2.45) is 0 Å². The van der Waals surface area contributed by atoms with Crippen molar-refractivity contribution in [2.75, 3.05) is 18.6 Å². The van der Waals surface area contributed by atoms with Gasteiger partial charge in [-0.3, -0.25) is 4.21 Å². The minimum atomic E-state index is -0.823. The third-order valence-electron chi connectivity index (χ3n) is 1.98. The molecule has 5 heteroatoms. The Bertz CT molecular complexity index is 428. The van der Waals surface area contributed by atoms with E-state index in [0.717, 1.165) is 5.56 Å². The number of nitrogens with one attached hydrogen (secondary N) is 1. The molecule has 0 aliphatic rings. The zero-order chi connectivity index (χ0) is 12.0. The maximum atomic E-state index is 13.0. The molecule has 0 heterocycles. The molecule has 0 bridgehead atoms. The van der Waals surface area contributed by atoms with Crippen LogP contribution in [-0.4, -0.2) is 22.8 Å². The van der Waals surface area contributed by atoms with Crippen molar-refractivity contribution in [2.45, 2.75) is 6.54 Å². The number of rotatable bonds is 5.